The number of carbonyl (C=O) groups is 1. The Morgan fingerprint density at radius 3 is 2.76 bits per heavy atom. The zero-order valence-electron chi connectivity index (χ0n) is 21.6. The third-order valence-electron chi connectivity index (χ3n) is 7.04. The minimum absolute atomic E-state index is 0.135. The van der Waals surface area contributed by atoms with Gasteiger partial charge < -0.3 is 4.90 Å². The Morgan fingerprint density at radius 2 is 2.05 bits per heavy atom. The molecule has 0 spiro atoms. The fourth-order valence-corrected chi connectivity index (χ4v) is 5.73. The molecule has 196 valence electrons. The Hall–Kier alpha value is -3.75. The number of carbonyl (C=O) groups excluding carboxylic acids is 1. The van der Waals surface area contributed by atoms with Crippen molar-refractivity contribution in [1.82, 2.24) is 34.2 Å². The molecule has 0 saturated carbocycles. The Bertz CT molecular complexity index is 1510. The molecule has 1 amide bonds. The van der Waals surface area contributed by atoms with E-state index in [0.717, 1.165) is 49.3 Å². The number of piperidine rings is 1. The molecule has 1 aliphatic heterocycles. The van der Waals surface area contributed by atoms with Crippen LogP contribution in [0.15, 0.2) is 52.9 Å². The van der Waals surface area contributed by atoms with Crippen molar-refractivity contribution in [3.05, 3.63) is 60.1 Å². The van der Waals surface area contributed by atoms with E-state index in [1.807, 2.05) is 30.1 Å². The van der Waals surface area contributed by atoms with Gasteiger partial charge in [0.2, 0.25) is 5.91 Å². The average molecular weight is 533 g/mol. The number of hydrogen-bond donors (Lipinski definition) is 0. The summed E-state index contributed by atoms with van der Waals surface area (Å²) < 4.78 is 18.1. The number of likely N-dealkylation sites (N-methyl/N-ethyl adjacent to an activating group) is 1. The first-order chi connectivity index (χ1) is 18.3. The van der Waals surface area contributed by atoms with E-state index in [-0.39, 0.29) is 10.9 Å². The topological polar surface area (TPSA) is 95.4 Å². The van der Waals surface area contributed by atoms with Crippen molar-refractivity contribution >= 4 is 23.2 Å². The molecule has 0 aliphatic carbocycles. The molecule has 1 aliphatic rings. The lowest BCUT2D eigenvalue weighted by Crippen LogP contribution is -2.41. The summed E-state index contributed by atoms with van der Waals surface area (Å²) in [6, 6.07) is 7.05. The molecule has 38 heavy (non-hydrogen) atoms. The van der Waals surface area contributed by atoms with E-state index in [0.29, 0.717) is 28.4 Å². The average Bonchev–Trinajstić information content (AvgIpc) is 3.49. The Kier molecular flexibility index (Phi) is 7.44. The van der Waals surface area contributed by atoms with Crippen LogP contribution in [0.3, 0.4) is 0 Å². The number of amides is 1. The van der Waals surface area contributed by atoms with Gasteiger partial charge in [-0.2, -0.15) is 15.5 Å². The van der Waals surface area contributed by atoms with Gasteiger partial charge in [-0.3, -0.25) is 14.4 Å². The van der Waals surface area contributed by atoms with E-state index in [2.05, 4.69) is 26.2 Å². The molecule has 5 rings (SSSR count). The van der Waals surface area contributed by atoms with Crippen LogP contribution in [0.4, 0.5) is 4.39 Å². The van der Waals surface area contributed by atoms with Crippen LogP contribution in [-0.4, -0.2) is 73.8 Å². The van der Waals surface area contributed by atoms with Crippen molar-refractivity contribution in [2.45, 2.75) is 36.2 Å². The summed E-state index contributed by atoms with van der Waals surface area (Å²) in [5, 5.41) is 18.9. The molecule has 11 heteroatoms. The van der Waals surface area contributed by atoms with Crippen molar-refractivity contribution < 1.29 is 9.18 Å². The van der Waals surface area contributed by atoms with Crippen LogP contribution in [0.2, 0.25) is 0 Å². The quantitative estimate of drug-likeness (QED) is 0.357. The number of likely N-dealkylation sites (tertiary alicyclic amines) is 1. The molecular formula is C27H29FN8OS. The van der Waals surface area contributed by atoms with Crippen LogP contribution in [0.1, 0.15) is 24.1 Å². The molecule has 4 aromatic rings. The maximum atomic E-state index is 14.4. The van der Waals surface area contributed by atoms with Gasteiger partial charge in [0.25, 0.3) is 0 Å². The molecule has 9 nitrogen and oxygen atoms in total. The maximum Gasteiger partial charge on any atom is 0.236 e. The van der Waals surface area contributed by atoms with E-state index < -0.39 is 5.82 Å². The highest BCUT2D eigenvalue weighted by molar-refractivity contribution is 7.99. The second kappa shape index (κ2) is 10.9. The lowest BCUT2D eigenvalue weighted by atomic mass is 9.96. The van der Waals surface area contributed by atoms with Gasteiger partial charge in [0, 0.05) is 54.8 Å². The summed E-state index contributed by atoms with van der Waals surface area (Å²) in [6.07, 6.45) is 8.83. The summed E-state index contributed by atoms with van der Waals surface area (Å²) in [6.45, 7) is 5.13. The second-order valence-electron chi connectivity index (χ2n) is 9.78. The predicted octanol–water partition coefficient (Wildman–Crippen LogP) is 3.86. The Morgan fingerprint density at radius 1 is 1.26 bits per heavy atom. The highest BCUT2D eigenvalue weighted by Gasteiger charge is 2.23. The predicted molar refractivity (Wildman–Crippen MR) is 142 cm³/mol. The molecule has 0 aromatic carbocycles. The number of pyridine rings is 2. The minimum Gasteiger partial charge on any atom is -0.348 e. The van der Waals surface area contributed by atoms with Crippen molar-refractivity contribution in [3.63, 3.8) is 0 Å². The van der Waals surface area contributed by atoms with Gasteiger partial charge in [-0.25, -0.2) is 13.9 Å². The number of nitrogens with zero attached hydrogens (tertiary/aromatic N) is 8. The first-order valence-electron chi connectivity index (χ1n) is 12.5. The normalized spacial score (nSPS) is 14.6. The van der Waals surface area contributed by atoms with Gasteiger partial charge in [0.05, 0.1) is 30.0 Å². The lowest BCUT2D eigenvalue weighted by Gasteiger charge is -2.32. The molecule has 0 bridgehead atoms. The Balaban J connectivity index is 1.37. The Labute approximate surface area is 224 Å². The molecule has 4 aromatic heterocycles. The molecule has 5 heterocycles. The van der Waals surface area contributed by atoms with Crippen molar-refractivity contribution in [2.75, 3.05) is 33.7 Å². The highest BCUT2D eigenvalue weighted by atomic mass is 32.2. The van der Waals surface area contributed by atoms with Crippen molar-refractivity contribution in [2.24, 2.45) is 5.92 Å². The van der Waals surface area contributed by atoms with Gasteiger partial charge in [-0.15, -0.1) is 0 Å². The highest BCUT2D eigenvalue weighted by Crippen LogP contribution is 2.36. The number of fused-ring (bicyclic) bond motifs is 1. The molecule has 1 fully saturated rings. The molecule has 1 saturated heterocycles. The van der Waals surface area contributed by atoms with E-state index in [4.69, 9.17) is 0 Å². The summed E-state index contributed by atoms with van der Waals surface area (Å²) in [5.74, 6) is 0.202. The molecule has 0 unspecified atom stereocenters. The summed E-state index contributed by atoms with van der Waals surface area (Å²) >= 11 is 1.18. The SMILES string of the molecule is Cc1c(-c2cc(Sc3ncccc3F)c3c(C#N)cnn3c2)cnn1CC1CCN(CC(=O)N(C)C)CC1. The maximum absolute atomic E-state index is 14.4. The number of aromatic nitrogens is 5. The summed E-state index contributed by atoms with van der Waals surface area (Å²) in [4.78, 5) is 20.8. The van der Waals surface area contributed by atoms with Crippen LogP contribution in [0.5, 0.6) is 0 Å². The standard InChI is InChI=1S/C27H29FN8OS/c1-18-22(14-32-35(18)15-19-6-9-34(10-7-19)17-25(37)33(2)3)20-11-24(38-27-23(28)5-4-8-30-27)26-21(12-29)13-31-36(26)16-20/h4-5,8,11,13-14,16,19H,6-7,9-10,15,17H2,1-3H3. The van der Waals surface area contributed by atoms with Gasteiger partial charge in [-0.05, 0) is 57.0 Å². The monoisotopic (exact) mass is 532 g/mol. The summed E-state index contributed by atoms with van der Waals surface area (Å²) in [7, 11) is 3.58. The number of nitriles is 1. The molecular weight excluding hydrogens is 503 g/mol. The number of halogens is 1. The zero-order valence-corrected chi connectivity index (χ0v) is 22.5. The van der Waals surface area contributed by atoms with Crippen LogP contribution < -0.4 is 0 Å². The van der Waals surface area contributed by atoms with Crippen molar-refractivity contribution in [1.29, 1.82) is 5.26 Å². The first-order valence-corrected chi connectivity index (χ1v) is 13.3. The summed E-state index contributed by atoms with van der Waals surface area (Å²) in [5.41, 5.74) is 3.91. The van der Waals surface area contributed by atoms with Gasteiger partial charge >= 0.3 is 0 Å². The lowest BCUT2D eigenvalue weighted by molar-refractivity contribution is -0.130. The van der Waals surface area contributed by atoms with Gasteiger partial charge in [0.15, 0.2) is 5.82 Å². The van der Waals surface area contributed by atoms with E-state index >= 15 is 0 Å². The smallest absolute Gasteiger partial charge is 0.236 e. The van der Waals surface area contributed by atoms with Crippen LogP contribution in [0, 0.1) is 30.0 Å². The molecule has 0 N–H and O–H groups in total. The van der Waals surface area contributed by atoms with E-state index in [9.17, 15) is 14.4 Å². The van der Waals surface area contributed by atoms with E-state index in [1.165, 1.54) is 24.0 Å². The number of rotatable bonds is 7. The minimum atomic E-state index is -0.416. The van der Waals surface area contributed by atoms with Crippen LogP contribution in [-0.2, 0) is 11.3 Å². The van der Waals surface area contributed by atoms with Gasteiger partial charge in [-0.1, -0.05) is 11.8 Å². The third kappa shape index (κ3) is 5.28. The van der Waals surface area contributed by atoms with Crippen molar-refractivity contribution in [3.8, 4) is 17.2 Å². The van der Waals surface area contributed by atoms with Crippen LogP contribution >= 0.6 is 11.8 Å². The third-order valence-corrected chi connectivity index (χ3v) is 8.06. The fourth-order valence-electron chi connectivity index (χ4n) is 4.76. The largest absolute Gasteiger partial charge is 0.348 e. The van der Waals surface area contributed by atoms with Gasteiger partial charge in [0.1, 0.15) is 11.1 Å². The first kappa shape index (κ1) is 25.9. The molecule has 0 radical (unpaired) electrons. The second-order valence-corrected chi connectivity index (χ2v) is 10.8. The van der Waals surface area contributed by atoms with E-state index in [1.54, 1.807) is 35.8 Å². The van der Waals surface area contributed by atoms with Crippen LogP contribution in [0.25, 0.3) is 16.6 Å². The zero-order chi connectivity index (χ0) is 26.8. The fraction of sp³-hybridized carbons (Fsp3) is 0.370. The number of hydrogen-bond acceptors (Lipinski definition) is 7. The molecule has 0 atom stereocenters.